The van der Waals surface area contributed by atoms with Crippen LogP contribution in [0.2, 0.25) is 0 Å². The minimum absolute atomic E-state index is 0.787. The third-order valence-corrected chi connectivity index (χ3v) is 2.88. The predicted octanol–water partition coefficient (Wildman–Crippen LogP) is 4.84. The van der Waals surface area contributed by atoms with Crippen molar-refractivity contribution in [3.8, 4) is 0 Å². The van der Waals surface area contributed by atoms with Gasteiger partial charge in [0.1, 0.15) is 0 Å². The number of rotatable bonds is 2. The van der Waals surface area contributed by atoms with Gasteiger partial charge >= 0.3 is 0 Å². The lowest BCUT2D eigenvalue weighted by molar-refractivity contribution is 0.711. The van der Waals surface area contributed by atoms with Gasteiger partial charge in [-0.05, 0) is 36.8 Å². The number of aromatic nitrogens is 3. The highest BCUT2D eigenvalue weighted by Crippen LogP contribution is 2.16. The van der Waals surface area contributed by atoms with Gasteiger partial charge in [-0.1, -0.05) is 39.3 Å². The average Bonchev–Trinajstić information content (AvgIpc) is 2.94. The van der Waals surface area contributed by atoms with Crippen LogP contribution in [0.1, 0.15) is 38.8 Å². The topological polar surface area (TPSA) is 30.7 Å². The molecule has 0 bridgehead atoms. The molecular weight excluding hydrogens is 258 g/mol. The second-order valence-electron chi connectivity index (χ2n) is 4.22. The first-order valence-electron chi connectivity index (χ1n) is 7.64. The smallest absolute Gasteiger partial charge is 0.0686 e. The first-order chi connectivity index (χ1) is 10.3. The lowest BCUT2D eigenvalue weighted by Crippen LogP contribution is -2.01. The van der Waals surface area contributed by atoms with E-state index in [1.165, 1.54) is 22.0 Å². The van der Waals surface area contributed by atoms with Crippen LogP contribution >= 0.6 is 0 Å². The number of pyridine rings is 1. The summed E-state index contributed by atoms with van der Waals surface area (Å²) in [5, 5.41) is 5.62. The second-order valence-corrected chi connectivity index (χ2v) is 4.22. The molecule has 3 nitrogen and oxygen atoms in total. The Hall–Kier alpha value is -2.16. The van der Waals surface area contributed by atoms with Crippen molar-refractivity contribution in [3.63, 3.8) is 0 Å². The molecule has 3 aromatic rings. The predicted molar refractivity (Wildman–Crippen MR) is 90.5 cm³/mol. The van der Waals surface area contributed by atoms with Crippen LogP contribution in [0, 0.1) is 6.92 Å². The molecule has 1 aromatic carbocycles. The van der Waals surface area contributed by atoms with Crippen LogP contribution < -0.4 is 0 Å². The highest BCUT2D eigenvalue weighted by atomic mass is 15.3. The van der Waals surface area contributed by atoms with Crippen LogP contribution in [0.3, 0.4) is 0 Å². The molecule has 0 atom stereocenters. The quantitative estimate of drug-likeness (QED) is 0.673. The highest BCUT2D eigenvalue weighted by Gasteiger charge is 2.03. The molecule has 0 unspecified atom stereocenters. The van der Waals surface area contributed by atoms with E-state index in [1.54, 1.807) is 0 Å². The van der Waals surface area contributed by atoms with E-state index in [4.69, 9.17) is 0 Å². The van der Waals surface area contributed by atoms with Crippen molar-refractivity contribution in [3.05, 3.63) is 60.0 Å². The van der Waals surface area contributed by atoms with Gasteiger partial charge in [0.15, 0.2) is 0 Å². The maximum atomic E-state index is 4.43. The van der Waals surface area contributed by atoms with E-state index in [-0.39, 0.29) is 0 Å². The van der Waals surface area contributed by atoms with Crippen LogP contribution in [0.25, 0.3) is 10.9 Å². The monoisotopic (exact) mass is 283 g/mol. The largest absolute Gasteiger partial charge is 0.265 e. The van der Waals surface area contributed by atoms with Crippen molar-refractivity contribution >= 4 is 10.9 Å². The summed E-state index contributed by atoms with van der Waals surface area (Å²) in [7, 11) is 0. The molecule has 0 saturated heterocycles. The van der Waals surface area contributed by atoms with E-state index in [0.717, 1.165) is 6.54 Å². The first kappa shape index (κ1) is 16.9. The Kier molecular flexibility index (Phi) is 7.16. The standard InChI is InChI=1S/C14H13N3.2C2H6/c1-11-2-3-14-13(8-11)9-16-17(14)10-12-4-6-15-7-5-12;2*1-2/h2-9H,10H2,1H3;2*1-2H3. The van der Waals surface area contributed by atoms with Gasteiger partial charge in [-0.25, -0.2) is 0 Å². The Morgan fingerprint density at radius 1 is 0.952 bits per heavy atom. The average molecular weight is 283 g/mol. The van der Waals surface area contributed by atoms with Gasteiger partial charge in [0, 0.05) is 17.8 Å². The third-order valence-electron chi connectivity index (χ3n) is 2.88. The number of aryl methyl sites for hydroxylation is 1. The SMILES string of the molecule is CC.CC.Cc1ccc2c(cnn2Cc2ccncc2)c1. The number of benzene rings is 1. The van der Waals surface area contributed by atoms with Gasteiger partial charge in [0.25, 0.3) is 0 Å². The third kappa shape index (κ3) is 4.42. The van der Waals surface area contributed by atoms with Crippen molar-refractivity contribution in [2.45, 2.75) is 41.2 Å². The van der Waals surface area contributed by atoms with Crippen molar-refractivity contribution < 1.29 is 0 Å². The normalized spacial score (nSPS) is 9.38. The molecule has 0 radical (unpaired) electrons. The molecule has 2 heterocycles. The lowest BCUT2D eigenvalue weighted by atomic mass is 10.2. The maximum Gasteiger partial charge on any atom is 0.0686 e. The fourth-order valence-electron chi connectivity index (χ4n) is 1.99. The van der Waals surface area contributed by atoms with Crippen molar-refractivity contribution in [2.75, 3.05) is 0 Å². The molecule has 0 aliphatic heterocycles. The molecule has 3 rings (SSSR count). The Morgan fingerprint density at radius 2 is 1.62 bits per heavy atom. The molecule has 2 aromatic heterocycles. The van der Waals surface area contributed by atoms with E-state index in [9.17, 15) is 0 Å². The molecule has 0 saturated carbocycles. The molecule has 0 fully saturated rings. The molecule has 0 N–H and O–H groups in total. The molecule has 112 valence electrons. The van der Waals surface area contributed by atoms with Gasteiger partial charge in [0.05, 0.1) is 18.3 Å². The highest BCUT2D eigenvalue weighted by molar-refractivity contribution is 5.79. The summed E-state index contributed by atoms with van der Waals surface area (Å²) in [6.07, 6.45) is 5.54. The Bertz CT molecular complexity index is 642. The molecule has 0 aliphatic carbocycles. The van der Waals surface area contributed by atoms with Crippen LogP contribution in [0.4, 0.5) is 0 Å². The minimum atomic E-state index is 0.787. The number of fused-ring (bicyclic) bond motifs is 1. The Balaban J connectivity index is 0.000000510. The molecular formula is C18H25N3. The van der Waals surface area contributed by atoms with Gasteiger partial charge < -0.3 is 0 Å². The maximum absolute atomic E-state index is 4.43. The van der Waals surface area contributed by atoms with Gasteiger partial charge in [-0.2, -0.15) is 5.10 Å². The van der Waals surface area contributed by atoms with E-state index in [0.29, 0.717) is 0 Å². The molecule has 21 heavy (non-hydrogen) atoms. The molecule has 0 aliphatic rings. The second kappa shape index (κ2) is 8.90. The summed E-state index contributed by atoms with van der Waals surface area (Å²) in [6.45, 7) is 10.9. The summed E-state index contributed by atoms with van der Waals surface area (Å²) < 4.78 is 2.02. The lowest BCUT2D eigenvalue weighted by Gasteiger charge is -2.03. The van der Waals surface area contributed by atoms with E-state index in [2.05, 4.69) is 35.2 Å². The van der Waals surface area contributed by atoms with Crippen LogP contribution in [0.5, 0.6) is 0 Å². The van der Waals surface area contributed by atoms with Crippen molar-refractivity contribution in [1.82, 2.24) is 14.8 Å². The summed E-state index contributed by atoms with van der Waals surface area (Å²) in [5.41, 5.74) is 3.65. The van der Waals surface area contributed by atoms with Gasteiger partial charge in [-0.3, -0.25) is 9.67 Å². The summed E-state index contributed by atoms with van der Waals surface area (Å²) in [4.78, 5) is 4.02. The summed E-state index contributed by atoms with van der Waals surface area (Å²) >= 11 is 0. The first-order valence-corrected chi connectivity index (χ1v) is 7.64. The number of hydrogen-bond acceptors (Lipinski definition) is 2. The van der Waals surface area contributed by atoms with Crippen LogP contribution in [0.15, 0.2) is 48.9 Å². The molecule has 0 amide bonds. The number of nitrogens with zero attached hydrogens (tertiary/aromatic N) is 3. The fraction of sp³-hybridized carbons (Fsp3) is 0.333. The van der Waals surface area contributed by atoms with E-state index in [1.807, 2.05) is 63.1 Å². The Labute approximate surface area is 127 Å². The van der Waals surface area contributed by atoms with Crippen molar-refractivity contribution in [2.24, 2.45) is 0 Å². The van der Waals surface area contributed by atoms with E-state index >= 15 is 0 Å². The molecule has 0 spiro atoms. The number of hydrogen-bond donors (Lipinski definition) is 0. The van der Waals surface area contributed by atoms with Crippen molar-refractivity contribution in [1.29, 1.82) is 0 Å². The minimum Gasteiger partial charge on any atom is -0.265 e. The van der Waals surface area contributed by atoms with E-state index < -0.39 is 0 Å². The summed E-state index contributed by atoms with van der Waals surface area (Å²) in [5.74, 6) is 0. The van der Waals surface area contributed by atoms with Gasteiger partial charge in [-0.15, -0.1) is 0 Å². The molecule has 3 heteroatoms. The summed E-state index contributed by atoms with van der Waals surface area (Å²) in [6, 6.07) is 10.4. The van der Waals surface area contributed by atoms with Crippen LogP contribution in [-0.4, -0.2) is 14.8 Å². The van der Waals surface area contributed by atoms with Crippen LogP contribution in [-0.2, 0) is 6.54 Å². The fourth-order valence-corrected chi connectivity index (χ4v) is 1.99. The zero-order valence-electron chi connectivity index (χ0n) is 13.7. The zero-order chi connectivity index (χ0) is 15.7. The zero-order valence-corrected chi connectivity index (χ0v) is 13.7. The Morgan fingerprint density at radius 3 is 2.29 bits per heavy atom. The van der Waals surface area contributed by atoms with Gasteiger partial charge in [0.2, 0.25) is 0 Å².